The van der Waals surface area contributed by atoms with Gasteiger partial charge in [-0.25, -0.2) is 0 Å². The van der Waals surface area contributed by atoms with Gasteiger partial charge in [-0.05, 0) is 0 Å². The summed E-state index contributed by atoms with van der Waals surface area (Å²) >= 11 is 2.50. The maximum absolute atomic E-state index is 9.28. The number of carbonyl (C=O) groups is 2. The number of hydrogen-bond acceptors (Lipinski definition) is 4. The third-order valence-electron chi connectivity index (χ3n) is 5.95. The Kier molecular flexibility index (Phi) is 39.8. The van der Waals surface area contributed by atoms with Crippen molar-refractivity contribution in [2.24, 2.45) is 0 Å². The Labute approximate surface area is 259 Å². The number of carbonyl (C=O) groups excluding carboxylic acids is 2. The Morgan fingerprint density at radius 2 is 0.818 bits per heavy atom. The number of aliphatic carboxylic acids is 2. The molecule has 0 rings (SSSR count). The van der Waals surface area contributed by atoms with Gasteiger partial charge in [-0.1, -0.05) is 6.92 Å². The molecule has 0 bridgehead atoms. The van der Waals surface area contributed by atoms with E-state index in [1.54, 1.807) is 0 Å². The van der Waals surface area contributed by atoms with Crippen molar-refractivity contribution in [1.82, 2.24) is 0 Å². The second kappa shape index (κ2) is 31.6. The summed E-state index contributed by atoms with van der Waals surface area (Å²) < 4.78 is 0.587. The van der Waals surface area contributed by atoms with E-state index in [-0.39, 0.29) is 59.1 Å². The van der Waals surface area contributed by atoms with Crippen LogP contribution >= 0.6 is 0 Å². The van der Waals surface area contributed by atoms with Crippen molar-refractivity contribution in [2.75, 3.05) is 0 Å². The molecule has 0 N–H and O–H groups in total. The van der Waals surface area contributed by atoms with Crippen LogP contribution in [0.2, 0.25) is 4.09 Å². The summed E-state index contributed by atoms with van der Waals surface area (Å²) in [5, 5.41) is 18.6. The smallest absolute Gasteiger partial charge is 0.0654 e. The normalized spacial score (nSPS) is 11.9. The molecule has 1 unspecified atom stereocenters. The van der Waals surface area contributed by atoms with Crippen LogP contribution in [0.5, 0.6) is 0 Å². The molecule has 7 heteroatoms. The number of carboxylic acid groups (broad SMARTS) is 2. The zero-order valence-electron chi connectivity index (χ0n) is 23.3. The molecule has 0 saturated carbocycles. The molecule has 180 valence electrons. The Morgan fingerprint density at radius 3 is 1.03 bits per heavy atom. The molecule has 0 aliphatic rings. The Balaban J connectivity index is -0.000000404. The zero-order valence-corrected chi connectivity index (χ0v) is 27.3. The van der Waals surface area contributed by atoms with Crippen molar-refractivity contribution >= 4 is 29.7 Å². The summed E-state index contributed by atoms with van der Waals surface area (Å²) in [7, 11) is 0. The molecular formula is C26H49LiNa2O4. The number of carboxylic acids is 2. The number of hydrogen-bond donors (Lipinski definition) is 0. The van der Waals surface area contributed by atoms with Gasteiger partial charge in [0.2, 0.25) is 0 Å². The molecule has 0 aromatic rings. The summed E-state index contributed by atoms with van der Waals surface area (Å²) in [4.78, 5) is 18.6. The van der Waals surface area contributed by atoms with Gasteiger partial charge in [-0.3, -0.25) is 0 Å². The van der Waals surface area contributed by atoms with Gasteiger partial charge in [0.1, 0.15) is 0 Å². The van der Waals surface area contributed by atoms with Crippen molar-refractivity contribution in [1.29, 1.82) is 0 Å². The predicted octanol–water partition coefficient (Wildman–Crippen LogP) is -0.330. The molecule has 0 radical (unpaired) electrons. The van der Waals surface area contributed by atoms with Gasteiger partial charge in [0.25, 0.3) is 0 Å². The first-order valence-electron chi connectivity index (χ1n) is 13.1. The molecule has 0 aliphatic heterocycles. The van der Waals surface area contributed by atoms with Gasteiger partial charge < -0.3 is 19.8 Å². The Hall–Kier alpha value is 1.54. The van der Waals surface area contributed by atoms with E-state index in [9.17, 15) is 19.8 Å². The van der Waals surface area contributed by atoms with Crippen molar-refractivity contribution in [3.63, 3.8) is 0 Å². The summed E-state index contributed by atoms with van der Waals surface area (Å²) in [5.74, 6) is -3.25. The topological polar surface area (TPSA) is 80.3 Å². The molecule has 0 aromatic carbocycles. The SMILES string of the molecule is O=C([O-])CC(=O)[O-].[Li][C](C)(CCCCCCCCC)CCCCCCCCCCCC.[Na+].[Na+]. The van der Waals surface area contributed by atoms with Crippen LogP contribution in [0.4, 0.5) is 0 Å². The van der Waals surface area contributed by atoms with Crippen LogP contribution in [0.3, 0.4) is 0 Å². The van der Waals surface area contributed by atoms with Crippen LogP contribution in [0, 0.1) is 0 Å². The summed E-state index contributed by atoms with van der Waals surface area (Å²) in [5.41, 5.74) is 0. The van der Waals surface area contributed by atoms with Gasteiger partial charge in [-0.15, -0.1) is 0 Å². The van der Waals surface area contributed by atoms with E-state index in [1.807, 2.05) is 0 Å². The van der Waals surface area contributed by atoms with E-state index in [1.165, 1.54) is 122 Å². The van der Waals surface area contributed by atoms with E-state index in [0.717, 1.165) is 0 Å². The maximum atomic E-state index is 9.28. The molecule has 0 saturated heterocycles. The fourth-order valence-corrected chi connectivity index (χ4v) is 3.89. The van der Waals surface area contributed by atoms with E-state index in [0.29, 0.717) is 4.09 Å². The fraction of sp³-hybridized carbons (Fsp3) is 0.923. The van der Waals surface area contributed by atoms with Crippen molar-refractivity contribution in [2.45, 2.75) is 153 Å². The average molecular weight is 479 g/mol. The molecule has 0 fully saturated rings. The molecule has 0 aliphatic carbocycles. The van der Waals surface area contributed by atoms with Gasteiger partial charge in [0, 0.05) is 18.4 Å². The number of unbranched alkanes of at least 4 members (excludes halogenated alkanes) is 15. The van der Waals surface area contributed by atoms with Gasteiger partial charge >= 0.3 is 217 Å². The molecule has 1 atom stereocenters. The van der Waals surface area contributed by atoms with Crippen LogP contribution in [0.1, 0.15) is 149 Å². The molecule has 4 nitrogen and oxygen atoms in total. The number of rotatable bonds is 21. The quantitative estimate of drug-likeness (QED) is 0.129. The second-order valence-corrected chi connectivity index (χ2v) is 9.89. The predicted molar refractivity (Wildman–Crippen MR) is 128 cm³/mol. The monoisotopic (exact) mass is 478 g/mol. The van der Waals surface area contributed by atoms with Crippen molar-refractivity contribution in [3.05, 3.63) is 0 Å². The minimum atomic E-state index is -1.63. The van der Waals surface area contributed by atoms with Crippen LogP contribution in [0.25, 0.3) is 0 Å². The summed E-state index contributed by atoms with van der Waals surface area (Å²) in [6, 6.07) is 0. The first kappa shape index (κ1) is 41.7. The van der Waals surface area contributed by atoms with Crippen LogP contribution < -0.4 is 69.3 Å². The first-order valence-corrected chi connectivity index (χ1v) is 13.1. The van der Waals surface area contributed by atoms with E-state index in [2.05, 4.69) is 38.5 Å². The first-order chi connectivity index (χ1) is 14.7. The molecular weight excluding hydrogens is 429 g/mol. The van der Waals surface area contributed by atoms with Crippen molar-refractivity contribution < 1.29 is 78.9 Å². The van der Waals surface area contributed by atoms with Crippen LogP contribution in [-0.4, -0.2) is 29.7 Å². The van der Waals surface area contributed by atoms with E-state index >= 15 is 0 Å². The minimum absolute atomic E-state index is 0. The third-order valence-corrected chi connectivity index (χ3v) is 5.95. The summed E-state index contributed by atoms with van der Waals surface area (Å²) in [6.07, 6.45) is 26.5. The van der Waals surface area contributed by atoms with E-state index < -0.39 is 18.4 Å². The van der Waals surface area contributed by atoms with Crippen LogP contribution in [-0.2, 0) is 9.59 Å². The van der Waals surface area contributed by atoms with E-state index in [4.69, 9.17) is 0 Å². The van der Waals surface area contributed by atoms with Gasteiger partial charge in [0.15, 0.2) is 0 Å². The second-order valence-electron chi connectivity index (χ2n) is 9.89. The Bertz CT molecular complexity index is 409. The molecule has 0 spiro atoms. The fourth-order valence-electron chi connectivity index (χ4n) is 3.89. The third kappa shape index (κ3) is 41.0. The molecule has 0 aromatic heterocycles. The van der Waals surface area contributed by atoms with Gasteiger partial charge in [-0.2, -0.15) is 0 Å². The molecule has 33 heavy (non-hydrogen) atoms. The Morgan fingerprint density at radius 1 is 0.576 bits per heavy atom. The zero-order chi connectivity index (χ0) is 23.8. The molecule has 0 amide bonds. The summed E-state index contributed by atoms with van der Waals surface area (Å²) in [6.45, 7) is 7.10. The minimum Gasteiger partial charge on any atom is -0.0654 e. The van der Waals surface area contributed by atoms with Crippen LogP contribution in [0.15, 0.2) is 0 Å². The van der Waals surface area contributed by atoms with Gasteiger partial charge in [0.05, 0.1) is 0 Å². The standard InChI is InChI=1S/C23H47.C3H4O4.Li.2Na/c1-4-6-8-10-12-13-14-16-18-20-22-23(3)21-19-17-15-11-9-7-5-2;4-2(5)1-3(6)7;;;/h4-22H2,1-3H3;1H2,(H,4,5)(H,6,7);;;/q;;;2*+1/p-2. The average Bonchev–Trinajstić information content (AvgIpc) is 2.68. The molecule has 0 heterocycles. The van der Waals surface area contributed by atoms with Crippen molar-refractivity contribution in [3.8, 4) is 0 Å².